The Morgan fingerprint density at radius 3 is 2.55 bits per heavy atom. The van der Waals surface area contributed by atoms with Crippen LogP contribution in [0.4, 0.5) is 4.39 Å². The normalized spacial score (nSPS) is 10.6. The van der Waals surface area contributed by atoms with Crippen molar-refractivity contribution in [2.24, 2.45) is 0 Å². The lowest BCUT2D eigenvalue weighted by molar-refractivity contribution is 0.531. The molecule has 4 heteroatoms. The molecule has 2 aromatic rings. The summed E-state index contributed by atoms with van der Waals surface area (Å²) in [7, 11) is 1.85. The van der Waals surface area contributed by atoms with E-state index in [9.17, 15) is 4.39 Å². The van der Waals surface area contributed by atoms with Crippen molar-refractivity contribution in [3.05, 3.63) is 68.9 Å². The highest BCUT2D eigenvalue weighted by molar-refractivity contribution is 9.10. The van der Waals surface area contributed by atoms with Crippen molar-refractivity contribution >= 4 is 21.8 Å². The van der Waals surface area contributed by atoms with Gasteiger partial charge in [0.1, 0.15) is 11.7 Å². The summed E-state index contributed by atoms with van der Waals surface area (Å²) in [4.78, 5) is 1.81. The maximum Gasteiger partial charge on any atom is 0.128 e. The van der Waals surface area contributed by atoms with E-state index in [-0.39, 0.29) is 5.82 Å². The standard InChI is InChI=1S/C18H20BrFN2/c1-4-22(3)18(21)16-11-15(20)10-14(12(16)2)9-13-7-5-6-8-17(13)19/h5-8,10-11,21H,4,9H2,1-3H3. The Bertz CT molecular complexity index is 697. The lowest BCUT2D eigenvalue weighted by atomic mass is 9.95. The summed E-state index contributed by atoms with van der Waals surface area (Å²) in [6.45, 7) is 4.65. The summed E-state index contributed by atoms with van der Waals surface area (Å²) < 4.78 is 15.0. The van der Waals surface area contributed by atoms with Crippen LogP contribution in [0.3, 0.4) is 0 Å². The number of nitrogens with zero attached hydrogens (tertiary/aromatic N) is 1. The van der Waals surface area contributed by atoms with Crippen LogP contribution in [0.1, 0.15) is 29.2 Å². The third kappa shape index (κ3) is 3.55. The highest BCUT2D eigenvalue weighted by atomic mass is 79.9. The van der Waals surface area contributed by atoms with Crippen LogP contribution in [0, 0.1) is 18.2 Å². The van der Waals surface area contributed by atoms with Gasteiger partial charge in [0.25, 0.3) is 0 Å². The average Bonchev–Trinajstić information content (AvgIpc) is 2.51. The Hall–Kier alpha value is -1.68. The van der Waals surface area contributed by atoms with Gasteiger partial charge in [0.05, 0.1) is 0 Å². The molecule has 0 heterocycles. The predicted octanol–water partition coefficient (Wildman–Crippen LogP) is 4.76. The van der Waals surface area contributed by atoms with Crippen LogP contribution < -0.4 is 0 Å². The van der Waals surface area contributed by atoms with E-state index in [1.165, 1.54) is 6.07 Å². The summed E-state index contributed by atoms with van der Waals surface area (Å²) in [6.07, 6.45) is 0.640. The molecule has 0 aromatic heterocycles. The Kier molecular flexibility index (Phi) is 5.35. The van der Waals surface area contributed by atoms with E-state index in [4.69, 9.17) is 5.41 Å². The molecule has 0 unspecified atom stereocenters. The zero-order valence-corrected chi connectivity index (χ0v) is 14.7. The largest absolute Gasteiger partial charge is 0.360 e. The van der Waals surface area contributed by atoms with Gasteiger partial charge in [-0.1, -0.05) is 34.1 Å². The summed E-state index contributed by atoms with van der Waals surface area (Å²) in [6, 6.07) is 11.0. The number of nitrogens with one attached hydrogen (secondary N) is 1. The van der Waals surface area contributed by atoms with Crippen molar-refractivity contribution in [3.63, 3.8) is 0 Å². The zero-order chi connectivity index (χ0) is 16.3. The highest BCUT2D eigenvalue weighted by Gasteiger charge is 2.14. The first-order valence-corrected chi connectivity index (χ1v) is 8.05. The van der Waals surface area contributed by atoms with Crippen LogP contribution in [0.5, 0.6) is 0 Å². The van der Waals surface area contributed by atoms with E-state index in [1.807, 2.05) is 50.1 Å². The first-order chi connectivity index (χ1) is 10.4. The van der Waals surface area contributed by atoms with Gasteiger partial charge in [0.2, 0.25) is 0 Å². The minimum atomic E-state index is -0.295. The molecule has 0 aliphatic heterocycles. The maximum atomic E-state index is 14.0. The van der Waals surface area contributed by atoms with Gasteiger partial charge in [0, 0.05) is 23.6 Å². The third-order valence-electron chi connectivity index (χ3n) is 3.93. The molecule has 2 aromatic carbocycles. The average molecular weight is 363 g/mol. The fraction of sp³-hybridized carbons (Fsp3) is 0.278. The van der Waals surface area contributed by atoms with Crippen molar-refractivity contribution in [2.75, 3.05) is 13.6 Å². The van der Waals surface area contributed by atoms with Crippen LogP contribution >= 0.6 is 15.9 Å². The molecule has 22 heavy (non-hydrogen) atoms. The third-order valence-corrected chi connectivity index (χ3v) is 4.70. The second-order valence-electron chi connectivity index (χ2n) is 5.37. The molecule has 0 radical (unpaired) electrons. The van der Waals surface area contributed by atoms with Gasteiger partial charge in [-0.05, 0) is 55.2 Å². The highest BCUT2D eigenvalue weighted by Crippen LogP contribution is 2.24. The minimum absolute atomic E-state index is 0.295. The van der Waals surface area contributed by atoms with Gasteiger partial charge in [-0.2, -0.15) is 0 Å². The first-order valence-electron chi connectivity index (χ1n) is 7.26. The van der Waals surface area contributed by atoms with Crippen molar-refractivity contribution in [1.82, 2.24) is 4.90 Å². The molecular weight excluding hydrogens is 343 g/mol. The summed E-state index contributed by atoms with van der Waals surface area (Å²) in [5.74, 6) is 0.0600. The minimum Gasteiger partial charge on any atom is -0.360 e. The van der Waals surface area contributed by atoms with E-state index < -0.39 is 0 Å². The van der Waals surface area contributed by atoms with Gasteiger partial charge in [0.15, 0.2) is 0 Å². The quantitative estimate of drug-likeness (QED) is 0.615. The van der Waals surface area contributed by atoms with Gasteiger partial charge in [-0.15, -0.1) is 0 Å². The molecule has 0 saturated carbocycles. The second kappa shape index (κ2) is 7.05. The van der Waals surface area contributed by atoms with Crippen LogP contribution in [0.2, 0.25) is 0 Å². The number of amidine groups is 1. The smallest absolute Gasteiger partial charge is 0.128 e. The Morgan fingerprint density at radius 2 is 1.91 bits per heavy atom. The van der Waals surface area contributed by atoms with E-state index in [0.29, 0.717) is 24.4 Å². The molecule has 0 amide bonds. The van der Waals surface area contributed by atoms with Gasteiger partial charge in [-0.3, -0.25) is 5.41 Å². The van der Waals surface area contributed by atoms with Crippen molar-refractivity contribution in [2.45, 2.75) is 20.3 Å². The number of benzene rings is 2. The molecule has 0 fully saturated rings. The Balaban J connectivity index is 2.43. The van der Waals surface area contributed by atoms with Crippen LogP contribution in [0.15, 0.2) is 40.9 Å². The molecular formula is C18H20BrFN2. The monoisotopic (exact) mass is 362 g/mol. The summed E-state index contributed by atoms with van der Waals surface area (Å²) >= 11 is 3.53. The van der Waals surface area contributed by atoms with Gasteiger partial charge in [-0.25, -0.2) is 4.39 Å². The van der Waals surface area contributed by atoms with Crippen LogP contribution in [-0.2, 0) is 6.42 Å². The molecule has 0 aliphatic rings. The van der Waals surface area contributed by atoms with Crippen molar-refractivity contribution in [1.29, 1.82) is 5.41 Å². The lowest BCUT2D eigenvalue weighted by Crippen LogP contribution is -2.27. The number of halogens is 2. The fourth-order valence-electron chi connectivity index (χ4n) is 2.38. The fourth-order valence-corrected chi connectivity index (χ4v) is 2.80. The molecule has 2 rings (SSSR count). The number of rotatable bonds is 4. The zero-order valence-electron chi connectivity index (χ0n) is 13.1. The second-order valence-corrected chi connectivity index (χ2v) is 6.22. The van der Waals surface area contributed by atoms with E-state index in [1.54, 1.807) is 6.07 Å². The van der Waals surface area contributed by atoms with Crippen molar-refractivity contribution in [3.8, 4) is 0 Å². The van der Waals surface area contributed by atoms with Crippen LogP contribution in [0.25, 0.3) is 0 Å². The SMILES string of the molecule is CCN(C)C(=N)c1cc(F)cc(Cc2ccccc2Br)c1C. The number of hydrogen-bond acceptors (Lipinski definition) is 1. The first kappa shape index (κ1) is 16.7. The van der Waals surface area contributed by atoms with Crippen molar-refractivity contribution < 1.29 is 4.39 Å². The van der Waals surface area contributed by atoms with Gasteiger partial charge >= 0.3 is 0 Å². The van der Waals surface area contributed by atoms with Gasteiger partial charge < -0.3 is 4.90 Å². The molecule has 0 spiro atoms. The Morgan fingerprint density at radius 1 is 1.23 bits per heavy atom. The molecule has 0 aliphatic carbocycles. The summed E-state index contributed by atoms with van der Waals surface area (Å²) in [5.41, 5.74) is 3.64. The molecule has 1 N–H and O–H groups in total. The van der Waals surface area contributed by atoms with Crippen LogP contribution in [-0.4, -0.2) is 24.3 Å². The maximum absolute atomic E-state index is 14.0. The predicted molar refractivity (Wildman–Crippen MR) is 93.2 cm³/mol. The van der Waals surface area contributed by atoms with E-state index >= 15 is 0 Å². The number of hydrogen-bond donors (Lipinski definition) is 1. The lowest BCUT2D eigenvalue weighted by Gasteiger charge is -2.21. The Labute approximate surface area is 139 Å². The molecule has 0 saturated heterocycles. The molecule has 0 atom stereocenters. The molecule has 0 bridgehead atoms. The summed E-state index contributed by atoms with van der Waals surface area (Å²) in [5, 5.41) is 8.24. The topological polar surface area (TPSA) is 27.1 Å². The molecule has 2 nitrogen and oxygen atoms in total. The molecule has 116 valence electrons. The van der Waals surface area contributed by atoms with E-state index in [2.05, 4.69) is 15.9 Å². The van der Waals surface area contributed by atoms with E-state index in [0.717, 1.165) is 21.2 Å².